The molecule has 1 aliphatic carbocycles. The highest BCUT2D eigenvalue weighted by atomic mass is 35.5. The summed E-state index contributed by atoms with van der Waals surface area (Å²) < 4.78 is 43.6. The van der Waals surface area contributed by atoms with Crippen LogP contribution < -0.4 is 11.3 Å². The molecule has 7 rings (SSSR count). The van der Waals surface area contributed by atoms with Gasteiger partial charge in [-0.1, -0.05) is 16.8 Å². The monoisotopic (exact) mass is 550 g/mol. The molecule has 3 atom stereocenters. The van der Waals surface area contributed by atoms with Crippen molar-refractivity contribution >= 4 is 17.4 Å². The predicted octanol–water partition coefficient (Wildman–Crippen LogP) is 4.90. The van der Waals surface area contributed by atoms with Gasteiger partial charge < -0.3 is 15.3 Å². The molecule has 0 saturated heterocycles. The number of H-pyrrole nitrogens is 1. The van der Waals surface area contributed by atoms with Crippen LogP contribution in [0.5, 0.6) is 0 Å². The second-order valence-corrected chi connectivity index (χ2v) is 10.1. The van der Waals surface area contributed by atoms with E-state index in [1.807, 2.05) is 6.07 Å². The van der Waals surface area contributed by atoms with Crippen LogP contribution >= 0.6 is 11.6 Å². The average Bonchev–Trinajstić information content (AvgIpc) is 3.22. The van der Waals surface area contributed by atoms with E-state index in [-0.39, 0.29) is 34.8 Å². The van der Waals surface area contributed by atoms with Gasteiger partial charge >= 0.3 is 0 Å². The molecule has 39 heavy (non-hydrogen) atoms. The van der Waals surface area contributed by atoms with Gasteiger partial charge in [0.05, 0.1) is 35.4 Å². The summed E-state index contributed by atoms with van der Waals surface area (Å²) in [5, 5.41) is 7.80. The van der Waals surface area contributed by atoms with Gasteiger partial charge in [0, 0.05) is 28.3 Å². The van der Waals surface area contributed by atoms with E-state index >= 15 is 0 Å². The van der Waals surface area contributed by atoms with Gasteiger partial charge in [-0.2, -0.15) is 4.39 Å². The first-order valence-electron chi connectivity index (χ1n) is 12.0. The Morgan fingerprint density at radius 3 is 2.74 bits per heavy atom. The van der Waals surface area contributed by atoms with E-state index in [0.717, 1.165) is 18.3 Å². The Morgan fingerprint density at radius 1 is 1.13 bits per heavy atom. The summed E-state index contributed by atoms with van der Waals surface area (Å²) in [6.45, 7) is 0. The maximum absolute atomic E-state index is 14.4. The summed E-state index contributed by atoms with van der Waals surface area (Å²) in [6, 6.07) is 11.0. The fourth-order valence-corrected chi connectivity index (χ4v) is 5.64. The zero-order valence-corrected chi connectivity index (χ0v) is 20.6. The van der Waals surface area contributed by atoms with Gasteiger partial charge in [0.1, 0.15) is 17.3 Å². The number of aromatic amines is 1. The topological polar surface area (TPSA) is 120 Å². The van der Waals surface area contributed by atoms with Crippen molar-refractivity contribution in [2.75, 3.05) is 5.73 Å². The van der Waals surface area contributed by atoms with Crippen molar-refractivity contribution in [3.05, 3.63) is 93.4 Å². The molecule has 1 aromatic carbocycles. The molecule has 0 amide bonds. The Balaban J connectivity index is 1.29. The lowest BCUT2D eigenvalue weighted by molar-refractivity contribution is 0.146. The number of nitrogen functional groups attached to an aromatic ring is 1. The Labute approximate surface area is 223 Å². The van der Waals surface area contributed by atoms with Crippen LogP contribution in [0.2, 0.25) is 5.02 Å². The van der Waals surface area contributed by atoms with Crippen LogP contribution in [-0.4, -0.2) is 34.5 Å². The molecular weight excluding hydrogens is 533 g/mol. The molecule has 0 bridgehead atoms. The quantitative estimate of drug-likeness (QED) is 0.300. The normalized spacial score (nSPS) is 19.4. The number of fused-ring (bicyclic) bond motifs is 3. The lowest BCUT2D eigenvalue weighted by Gasteiger charge is -2.18. The first kappa shape index (κ1) is 23.7. The van der Waals surface area contributed by atoms with Crippen molar-refractivity contribution in [1.29, 1.82) is 0 Å². The van der Waals surface area contributed by atoms with Crippen LogP contribution in [0.25, 0.3) is 28.1 Å². The fraction of sp³-hybridized carbons (Fsp3) is 0.192. The molecule has 9 nitrogen and oxygen atoms in total. The van der Waals surface area contributed by atoms with Crippen LogP contribution in [0.1, 0.15) is 42.0 Å². The summed E-state index contributed by atoms with van der Waals surface area (Å²) >= 11 is 6.28. The summed E-state index contributed by atoms with van der Waals surface area (Å²) in [7, 11) is 0. The van der Waals surface area contributed by atoms with Crippen LogP contribution in [0.3, 0.4) is 0 Å². The lowest BCUT2D eigenvalue weighted by Crippen LogP contribution is -2.26. The van der Waals surface area contributed by atoms with Gasteiger partial charge in [0.15, 0.2) is 0 Å². The zero-order valence-electron chi connectivity index (χ0n) is 19.9. The number of nitrogens with one attached hydrogen (secondary N) is 1. The van der Waals surface area contributed by atoms with Crippen LogP contribution in [0.4, 0.5) is 19.0 Å². The molecule has 0 unspecified atom stereocenters. The van der Waals surface area contributed by atoms with Crippen molar-refractivity contribution in [3.8, 4) is 28.1 Å². The number of halogens is 4. The Bertz CT molecular complexity index is 1830. The van der Waals surface area contributed by atoms with E-state index in [1.54, 1.807) is 22.8 Å². The van der Waals surface area contributed by atoms with Gasteiger partial charge in [0.25, 0.3) is 12.0 Å². The van der Waals surface area contributed by atoms with Crippen molar-refractivity contribution in [3.63, 3.8) is 0 Å². The number of nitrogens with two attached hydrogens (primary N) is 1. The lowest BCUT2D eigenvalue weighted by atomic mass is 10.0. The molecule has 196 valence electrons. The van der Waals surface area contributed by atoms with Crippen LogP contribution in [0.15, 0.2) is 59.7 Å². The van der Waals surface area contributed by atoms with Crippen molar-refractivity contribution in [2.45, 2.75) is 24.8 Å². The summed E-state index contributed by atoms with van der Waals surface area (Å²) in [4.78, 5) is 24.8. The highest BCUT2D eigenvalue weighted by molar-refractivity contribution is 6.31. The SMILES string of the molecule is Nc1ccc(-c2cnc([C@@H]3[C@H]4C[C@H]4c4cc(-c5cc(Cl)ccc5-n5cc(C(F)F)nn5)cc(=O)n43)[nH]2)c(F)n1. The minimum absolute atomic E-state index is 0.0741. The molecule has 0 spiro atoms. The Morgan fingerprint density at radius 2 is 1.97 bits per heavy atom. The number of aromatic nitrogens is 7. The number of hydrogen-bond donors (Lipinski definition) is 2. The fourth-order valence-electron chi connectivity index (χ4n) is 5.47. The highest BCUT2D eigenvalue weighted by Gasteiger charge is 2.54. The molecule has 5 aromatic rings. The van der Waals surface area contributed by atoms with Gasteiger partial charge in [-0.3, -0.25) is 4.79 Å². The number of imidazole rings is 1. The minimum atomic E-state index is -2.77. The number of alkyl halides is 2. The Hall–Kier alpha value is -4.45. The van der Waals surface area contributed by atoms with Crippen LogP contribution in [-0.2, 0) is 0 Å². The van der Waals surface area contributed by atoms with E-state index in [4.69, 9.17) is 17.3 Å². The second-order valence-electron chi connectivity index (χ2n) is 9.63. The highest BCUT2D eigenvalue weighted by Crippen LogP contribution is 2.60. The van der Waals surface area contributed by atoms with Crippen molar-refractivity contribution in [1.82, 2.24) is 34.5 Å². The molecule has 1 aliphatic heterocycles. The molecule has 13 heteroatoms. The molecule has 5 heterocycles. The first-order valence-corrected chi connectivity index (χ1v) is 12.4. The van der Waals surface area contributed by atoms with Crippen molar-refractivity contribution < 1.29 is 13.2 Å². The van der Waals surface area contributed by atoms with Gasteiger partial charge in [-0.15, -0.1) is 5.10 Å². The smallest absolute Gasteiger partial charge is 0.283 e. The second kappa shape index (κ2) is 8.53. The Kier molecular flexibility index (Phi) is 5.17. The molecule has 1 saturated carbocycles. The van der Waals surface area contributed by atoms with Gasteiger partial charge in [0.2, 0.25) is 5.95 Å². The van der Waals surface area contributed by atoms with E-state index < -0.39 is 18.1 Å². The van der Waals surface area contributed by atoms with Gasteiger partial charge in [-0.05, 0) is 54.3 Å². The standard InChI is InChI=1S/C26H18ClF3N8O/c27-12-1-3-19(37-10-18(24(28)29)35-36-37)14(7-12)11-5-20-15-8-16(15)23(38(20)22(39)6-11)26-32-9-17(33-26)13-2-4-21(31)34-25(13)30/h1-7,9-10,15-16,23-24H,8H2,(H2,31,34)(H,32,33)/t15-,16+,23+/m1/s1. The molecule has 4 aromatic heterocycles. The van der Waals surface area contributed by atoms with Crippen molar-refractivity contribution in [2.24, 2.45) is 5.92 Å². The zero-order chi connectivity index (χ0) is 27.0. The van der Waals surface area contributed by atoms with E-state index in [9.17, 15) is 18.0 Å². The molecule has 2 aliphatic rings. The van der Waals surface area contributed by atoms with E-state index in [1.165, 1.54) is 29.1 Å². The molecule has 3 N–H and O–H groups in total. The predicted molar refractivity (Wildman–Crippen MR) is 136 cm³/mol. The third-order valence-electron chi connectivity index (χ3n) is 7.29. The molecular formula is C26H18ClF3N8O. The molecule has 1 fully saturated rings. The van der Waals surface area contributed by atoms with E-state index in [0.29, 0.717) is 33.4 Å². The van der Waals surface area contributed by atoms with Crippen LogP contribution in [0, 0.1) is 11.9 Å². The number of hydrogen-bond acceptors (Lipinski definition) is 6. The maximum atomic E-state index is 14.4. The summed E-state index contributed by atoms with van der Waals surface area (Å²) in [5.41, 5.74) is 7.95. The third kappa shape index (κ3) is 3.82. The van der Waals surface area contributed by atoms with Gasteiger partial charge in [-0.25, -0.2) is 23.4 Å². The number of rotatable bonds is 5. The number of nitrogens with zero attached hydrogens (tertiary/aromatic N) is 6. The largest absolute Gasteiger partial charge is 0.384 e. The number of pyridine rings is 2. The summed E-state index contributed by atoms with van der Waals surface area (Å²) in [6.07, 6.45) is 0.769. The number of benzene rings is 1. The molecule has 0 radical (unpaired) electrons. The third-order valence-corrected chi connectivity index (χ3v) is 7.52. The number of anilines is 1. The average molecular weight is 551 g/mol. The van der Waals surface area contributed by atoms with E-state index in [2.05, 4.69) is 25.3 Å². The maximum Gasteiger partial charge on any atom is 0.283 e. The summed E-state index contributed by atoms with van der Waals surface area (Å²) in [5.74, 6) is 0.209. The first-order chi connectivity index (χ1) is 18.8. The minimum Gasteiger partial charge on any atom is -0.384 e.